The van der Waals surface area contributed by atoms with Crippen molar-refractivity contribution in [2.75, 3.05) is 19.0 Å². The molecule has 0 fully saturated rings. The Morgan fingerprint density at radius 1 is 1.17 bits per heavy atom. The first-order chi connectivity index (χ1) is 11.6. The summed E-state index contributed by atoms with van der Waals surface area (Å²) in [5.74, 6) is 0.0653. The first kappa shape index (κ1) is 17.7. The molecule has 0 aliphatic carbocycles. The van der Waals surface area contributed by atoms with Crippen LogP contribution in [0.15, 0.2) is 59.1 Å². The summed E-state index contributed by atoms with van der Waals surface area (Å²) in [4.78, 5) is 23.6. The van der Waals surface area contributed by atoms with E-state index in [1.54, 1.807) is 19.3 Å². The molecule has 2 aromatic carbocycles. The lowest BCUT2D eigenvalue weighted by atomic mass is 10.2. The van der Waals surface area contributed by atoms with Crippen LogP contribution in [0, 0.1) is 0 Å². The molecule has 2 amide bonds. The third kappa shape index (κ3) is 5.55. The van der Waals surface area contributed by atoms with E-state index in [2.05, 4.69) is 26.6 Å². The SMILES string of the molecule is COc1cccc(/C=C/C(=O)NCC(=O)Nc2ccccc2Br)c1. The molecule has 2 N–H and O–H groups in total. The highest BCUT2D eigenvalue weighted by Crippen LogP contribution is 2.20. The van der Waals surface area contributed by atoms with Gasteiger partial charge in [-0.05, 0) is 51.8 Å². The van der Waals surface area contributed by atoms with Gasteiger partial charge in [-0.25, -0.2) is 0 Å². The molecule has 124 valence electrons. The lowest BCUT2D eigenvalue weighted by Crippen LogP contribution is -2.31. The summed E-state index contributed by atoms with van der Waals surface area (Å²) in [7, 11) is 1.58. The van der Waals surface area contributed by atoms with Crippen molar-refractivity contribution >= 4 is 39.5 Å². The average Bonchev–Trinajstić information content (AvgIpc) is 2.60. The van der Waals surface area contributed by atoms with Crippen molar-refractivity contribution in [3.63, 3.8) is 0 Å². The maximum Gasteiger partial charge on any atom is 0.244 e. The summed E-state index contributed by atoms with van der Waals surface area (Å²) in [5, 5.41) is 5.25. The highest BCUT2D eigenvalue weighted by Gasteiger charge is 2.06. The lowest BCUT2D eigenvalue weighted by Gasteiger charge is -2.07. The van der Waals surface area contributed by atoms with E-state index in [0.717, 1.165) is 10.0 Å². The van der Waals surface area contributed by atoms with E-state index >= 15 is 0 Å². The minimum Gasteiger partial charge on any atom is -0.497 e. The molecular weight excluding hydrogens is 372 g/mol. The third-order valence-corrected chi connectivity index (χ3v) is 3.78. The van der Waals surface area contributed by atoms with Crippen molar-refractivity contribution in [1.82, 2.24) is 5.32 Å². The number of carbonyl (C=O) groups is 2. The largest absolute Gasteiger partial charge is 0.497 e. The molecular formula is C18H17BrN2O3. The fourth-order valence-electron chi connectivity index (χ4n) is 1.90. The number of para-hydroxylation sites is 1. The smallest absolute Gasteiger partial charge is 0.244 e. The molecule has 0 radical (unpaired) electrons. The Balaban J connectivity index is 1.83. The first-order valence-corrected chi connectivity index (χ1v) is 8.02. The maximum absolute atomic E-state index is 11.8. The van der Waals surface area contributed by atoms with Gasteiger partial charge >= 0.3 is 0 Å². The second kappa shape index (κ2) is 8.88. The number of amides is 2. The Morgan fingerprint density at radius 2 is 1.96 bits per heavy atom. The molecule has 0 aromatic heterocycles. The van der Waals surface area contributed by atoms with Crippen LogP contribution in [-0.4, -0.2) is 25.5 Å². The zero-order chi connectivity index (χ0) is 17.4. The molecule has 2 aromatic rings. The first-order valence-electron chi connectivity index (χ1n) is 7.23. The number of halogens is 1. The van der Waals surface area contributed by atoms with Gasteiger partial charge in [0.25, 0.3) is 0 Å². The van der Waals surface area contributed by atoms with E-state index in [1.165, 1.54) is 6.08 Å². The van der Waals surface area contributed by atoms with Gasteiger partial charge in [0.05, 0.1) is 19.3 Å². The average molecular weight is 389 g/mol. The fraction of sp³-hybridized carbons (Fsp3) is 0.111. The summed E-state index contributed by atoms with van der Waals surface area (Å²) in [6.07, 6.45) is 3.03. The normalized spacial score (nSPS) is 10.4. The van der Waals surface area contributed by atoms with Crippen LogP contribution < -0.4 is 15.4 Å². The van der Waals surface area contributed by atoms with Gasteiger partial charge in [0.2, 0.25) is 11.8 Å². The summed E-state index contributed by atoms with van der Waals surface area (Å²) in [6, 6.07) is 14.6. The van der Waals surface area contributed by atoms with E-state index in [-0.39, 0.29) is 18.4 Å². The fourth-order valence-corrected chi connectivity index (χ4v) is 2.28. The van der Waals surface area contributed by atoms with Gasteiger partial charge < -0.3 is 15.4 Å². The van der Waals surface area contributed by atoms with Gasteiger partial charge in [-0.15, -0.1) is 0 Å². The molecule has 0 aliphatic heterocycles. The van der Waals surface area contributed by atoms with Crippen molar-refractivity contribution in [3.8, 4) is 5.75 Å². The third-order valence-electron chi connectivity index (χ3n) is 3.09. The standard InChI is InChI=1S/C18H17BrN2O3/c1-24-14-6-4-5-13(11-14)9-10-17(22)20-12-18(23)21-16-8-3-2-7-15(16)19/h2-11H,12H2,1H3,(H,20,22)(H,21,23)/b10-9+. The number of nitrogens with one attached hydrogen (secondary N) is 2. The molecule has 6 heteroatoms. The molecule has 0 unspecified atom stereocenters. The molecule has 0 heterocycles. The lowest BCUT2D eigenvalue weighted by molar-refractivity contribution is -0.121. The molecule has 0 atom stereocenters. The van der Waals surface area contributed by atoms with E-state index in [4.69, 9.17) is 4.74 Å². The van der Waals surface area contributed by atoms with Gasteiger partial charge in [0.1, 0.15) is 5.75 Å². The second-order valence-corrected chi connectivity index (χ2v) is 5.71. The summed E-state index contributed by atoms with van der Waals surface area (Å²) in [5.41, 5.74) is 1.49. The van der Waals surface area contributed by atoms with Gasteiger partial charge in [-0.1, -0.05) is 24.3 Å². The van der Waals surface area contributed by atoms with E-state index in [9.17, 15) is 9.59 Å². The Morgan fingerprint density at radius 3 is 2.71 bits per heavy atom. The predicted molar refractivity (Wildman–Crippen MR) is 97.8 cm³/mol. The Bertz CT molecular complexity index is 759. The van der Waals surface area contributed by atoms with Crippen molar-refractivity contribution in [3.05, 3.63) is 64.6 Å². The van der Waals surface area contributed by atoms with Crippen LogP contribution >= 0.6 is 15.9 Å². The monoisotopic (exact) mass is 388 g/mol. The van der Waals surface area contributed by atoms with Gasteiger partial charge in [-0.2, -0.15) is 0 Å². The number of ether oxygens (including phenoxy) is 1. The Hall–Kier alpha value is -2.60. The van der Waals surface area contributed by atoms with Crippen molar-refractivity contribution in [2.24, 2.45) is 0 Å². The molecule has 0 spiro atoms. The molecule has 0 bridgehead atoms. The van der Waals surface area contributed by atoms with Crippen LogP contribution in [0.5, 0.6) is 5.75 Å². The molecule has 0 aliphatic rings. The van der Waals surface area contributed by atoms with Crippen molar-refractivity contribution in [1.29, 1.82) is 0 Å². The summed E-state index contributed by atoms with van der Waals surface area (Å²) < 4.78 is 5.90. The highest BCUT2D eigenvalue weighted by molar-refractivity contribution is 9.10. The Labute approximate surface area is 148 Å². The van der Waals surface area contributed by atoms with Gasteiger partial charge in [0.15, 0.2) is 0 Å². The number of hydrogen-bond acceptors (Lipinski definition) is 3. The van der Waals surface area contributed by atoms with Crippen LogP contribution in [0.1, 0.15) is 5.56 Å². The summed E-state index contributed by atoms with van der Waals surface area (Å²) >= 11 is 3.34. The van der Waals surface area contributed by atoms with E-state index in [1.807, 2.05) is 42.5 Å². The van der Waals surface area contributed by atoms with Crippen molar-refractivity contribution in [2.45, 2.75) is 0 Å². The molecule has 5 nitrogen and oxygen atoms in total. The zero-order valence-corrected chi connectivity index (χ0v) is 14.7. The van der Waals surface area contributed by atoms with E-state index in [0.29, 0.717) is 11.4 Å². The van der Waals surface area contributed by atoms with Crippen LogP contribution in [0.3, 0.4) is 0 Å². The minimum atomic E-state index is -0.347. The summed E-state index contributed by atoms with van der Waals surface area (Å²) in [6.45, 7) is -0.109. The second-order valence-electron chi connectivity index (χ2n) is 4.86. The number of rotatable bonds is 6. The zero-order valence-electron chi connectivity index (χ0n) is 13.1. The highest BCUT2D eigenvalue weighted by atomic mass is 79.9. The van der Waals surface area contributed by atoms with Crippen LogP contribution in [0.25, 0.3) is 6.08 Å². The Kier molecular flexibility index (Phi) is 6.57. The minimum absolute atomic E-state index is 0.109. The number of benzene rings is 2. The van der Waals surface area contributed by atoms with Crippen LogP contribution in [0.4, 0.5) is 5.69 Å². The molecule has 2 rings (SSSR count). The van der Waals surface area contributed by atoms with Crippen molar-refractivity contribution < 1.29 is 14.3 Å². The number of methoxy groups -OCH3 is 1. The quantitative estimate of drug-likeness (QED) is 0.746. The van der Waals surface area contributed by atoms with Crippen LogP contribution in [-0.2, 0) is 9.59 Å². The van der Waals surface area contributed by atoms with Crippen LogP contribution in [0.2, 0.25) is 0 Å². The van der Waals surface area contributed by atoms with Gasteiger partial charge in [0, 0.05) is 10.5 Å². The van der Waals surface area contributed by atoms with E-state index < -0.39 is 0 Å². The topological polar surface area (TPSA) is 67.4 Å². The molecule has 24 heavy (non-hydrogen) atoms. The number of carbonyl (C=O) groups excluding carboxylic acids is 2. The number of hydrogen-bond donors (Lipinski definition) is 2. The maximum atomic E-state index is 11.8. The predicted octanol–water partition coefficient (Wildman–Crippen LogP) is 3.23. The van der Waals surface area contributed by atoms with Gasteiger partial charge in [-0.3, -0.25) is 9.59 Å². The number of anilines is 1. The molecule has 0 saturated carbocycles. The molecule has 0 saturated heterocycles.